The summed E-state index contributed by atoms with van der Waals surface area (Å²) in [5.41, 5.74) is 0. The molecule has 1 aromatic heterocycles. The largest absolute Gasteiger partial charge is 0.315 e. The van der Waals surface area contributed by atoms with E-state index >= 15 is 0 Å². The molecule has 1 N–H and O–H groups in total. The van der Waals surface area contributed by atoms with Crippen LogP contribution in [0.5, 0.6) is 0 Å². The Labute approximate surface area is 105 Å². The van der Waals surface area contributed by atoms with Gasteiger partial charge in [-0.05, 0) is 30.6 Å². The first-order chi connectivity index (χ1) is 7.10. The van der Waals surface area contributed by atoms with Gasteiger partial charge in [-0.1, -0.05) is 0 Å². The van der Waals surface area contributed by atoms with Gasteiger partial charge in [0.1, 0.15) is 0 Å². The van der Waals surface area contributed by atoms with E-state index in [0.717, 1.165) is 6.54 Å². The number of sulfone groups is 1. The molecule has 2 rings (SSSR count). The van der Waals surface area contributed by atoms with Crippen LogP contribution in [-0.2, 0) is 9.84 Å². The van der Waals surface area contributed by atoms with Crippen LogP contribution in [0.1, 0.15) is 6.42 Å². The third-order valence-corrected chi connectivity index (χ3v) is 4.62. The summed E-state index contributed by atoms with van der Waals surface area (Å²) in [6.07, 6.45) is 1.97. The molecule has 0 amide bonds. The summed E-state index contributed by atoms with van der Waals surface area (Å²) >= 11 is 5.56. The predicted octanol–water partition coefficient (Wildman–Crippen LogP) is 0.687. The molecule has 2 heterocycles. The lowest BCUT2D eigenvalue weighted by molar-refractivity contribution is 0.578. The third-order valence-electron chi connectivity index (χ3n) is 2.35. The predicted molar refractivity (Wildman–Crippen MR) is 62.8 cm³/mol. The molecule has 1 fully saturated rings. The van der Waals surface area contributed by atoms with Crippen molar-refractivity contribution in [3.8, 4) is 0 Å². The standard InChI is InChI=1S/C8H10ClN3O2S.ClH/c9-8-11-4-2-7(12-8)15(13,14)6-1-3-10-5-6;/h2,4,6,10H,1,3,5H2;1H/t6-;/m0./s1. The van der Waals surface area contributed by atoms with E-state index in [9.17, 15) is 8.42 Å². The molecule has 1 aliphatic heterocycles. The second-order valence-corrected chi connectivity index (χ2v) is 5.84. The molecular weight excluding hydrogens is 273 g/mol. The van der Waals surface area contributed by atoms with E-state index < -0.39 is 15.1 Å². The van der Waals surface area contributed by atoms with Gasteiger partial charge in [0.15, 0.2) is 14.9 Å². The molecule has 0 radical (unpaired) electrons. The molecule has 1 aliphatic rings. The summed E-state index contributed by atoms with van der Waals surface area (Å²) in [7, 11) is -3.36. The number of hydrogen-bond donors (Lipinski definition) is 1. The van der Waals surface area contributed by atoms with Gasteiger partial charge in [0.2, 0.25) is 5.28 Å². The van der Waals surface area contributed by atoms with Crippen LogP contribution in [0.3, 0.4) is 0 Å². The third kappa shape index (κ3) is 2.63. The van der Waals surface area contributed by atoms with Crippen molar-refractivity contribution in [2.24, 2.45) is 0 Å². The fourth-order valence-electron chi connectivity index (χ4n) is 1.54. The summed E-state index contributed by atoms with van der Waals surface area (Å²) in [5.74, 6) is 0. The van der Waals surface area contributed by atoms with Gasteiger partial charge in [0.25, 0.3) is 0 Å². The van der Waals surface area contributed by atoms with Crippen molar-refractivity contribution < 1.29 is 8.42 Å². The van der Waals surface area contributed by atoms with Crippen molar-refractivity contribution in [3.63, 3.8) is 0 Å². The van der Waals surface area contributed by atoms with E-state index in [2.05, 4.69) is 15.3 Å². The van der Waals surface area contributed by atoms with Crippen LogP contribution in [0.4, 0.5) is 0 Å². The molecule has 0 aromatic carbocycles. The molecule has 16 heavy (non-hydrogen) atoms. The minimum Gasteiger partial charge on any atom is -0.315 e. The Balaban J connectivity index is 0.00000128. The summed E-state index contributed by atoms with van der Waals surface area (Å²) in [6.45, 7) is 1.20. The van der Waals surface area contributed by atoms with Gasteiger partial charge in [0.05, 0.1) is 5.25 Å². The summed E-state index contributed by atoms with van der Waals surface area (Å²) in [4.78, 5) is 7.38. The van der Waals surface area contributed by atoms with Crippen molar-refractivity contribution in [1.82, 2.24) is 15.3 Å². The fraction of sp³-hybridized carbons (Fsp3) is 0.500. The summed E-state index contributed by atoms with van der Waals surface area (Å²) < 4.78 is 24.0. The molecule has 0 bridgehead atoms. The zero-order valence-electron chi connectivity index (χ0n) is 8.26. The quantitative estimate of drug-likeness (QED) is 0.639. The molecule has 0 unspecified atom stereocenters. The van der Waals surface area contributed by atoms with Gasteiger partial charge in [-0.25, -0.2) is 18.4 Å². The highest BCUT2D eigenvalue weighted by atomic mass is 35.5. The average Bonchev–Trinajstić information content (AvgIpc) is 2.71. The number of aromatic nitrogens is 2. The summed E-state index contributed by atoms with van der Waals surface area (Å²) in [5, 5.41) is 2.58. The van der Waals surface area contributed by atoms with E-state index in [1.54, 1.807) is 0 Å². The Morgan fingerprint density at radius 3 is 2.81 bits per heavy atom. The minimum absolute atomic E-state index is 0. The number of hydrogen-bond acceptors (Lipinski definition) is 5. The smallest absolute Gasteiger partial charge is 0.223 e. The van der Waals surface area contributed by atoms with Crippen LogP contribution >= 0.6 is 24.0 Å². The van der Waals surface area contributed by atoms with Crippen molar-refractivity contribution in [3.05, 3.63) is 17.5 Å². The zero-order valence-corrected chi connectivity index (χ0v) is 10.6. The molecule has 0 aliphatic carbocycles. The van der Waals surface area contributed by atoms with Gasteiger partial charge < -0.3 is 5.32 Å². The Kier molecular flexibility index (Phi) is 4.49. The Morgan fingerprint density at radius 1 is 1.50 bits per heavy atom. The van der Waals surface area contributed by atoms with Crippen molar-refractivity contribution in [2.75, 3.05) is 13.1 Å². The highest BCUT2D eigenvalue weighted by molar-refractivity contribution is 7.92. The van der Waals surface area contributed by atoms with Crippen LogP contribution in [-0.4, -0.2) is 36.7 Å². The topological polar surface area (TPSA) is 72.0 Å². The number of nitrogens with one attached hydrogen (secondary N) is 1. The van der Waals surface area contributed by atoms with E-state index in [-0.39, 0.29) is 22.7 Å². The SMILES string of the molecule is Cl.O=S(=O)(c1ccnc(Cl)n1)[C@H]1CCNC1. The molecule has 1 aromatic rings. The van der Waals surface area contributed by atoms with E-state index in [4.69, 9.17) is 11.6 Å². The van der Waals surface area contributed by atoms with E-state index in [1.807, 2.05) is 0 Å². The molecule has 1 atom stereocenters. The van der Waals surface area contributed by atoms with Crippen molar-refractivity contribution in [2.45, 2.75) is 16.7 Å². The first-order valence-electron chi connectivity index (χ1n) is 4.54. The second-order valence-electron chi connectivity index (χ2n) is 3.32. The molecule has 5 nitrogen and oxygen atoms in total. The second kappa shape index (κ2) is 5.27. The number of rotatable bonds is 2. The van der Waals surface area contributed by atoms with Gasteiger partial charge in [-0.3, -0.25) is 0 Å². The Bertz CT molecular complexity index is 460. The average molecular weight is 284 g/mol. The highest BCUT2D eigenvalue weighted by Gasteiger charge is 2.31. The monoisotopic (exact) mass is 283 g/mol. The Hall–Kier alpha value is -0.430. The van der Waals surface area contributed by atoms with Crippen molar-refractivity contribution >= 4 is 33.8 Å². The van der Waals surface area contributed by atoms with Gasteiger partial charge in [-0.2, -0.15) is 0 Å². The lowest BCUT2D eigenvalue weighted by Crippen LogP contribution is -2.24. The molecule has 1 saturated heterocycles. The first-order valence-corrected chi connectivity index (χ1v) is 6.46. The first kappa shape index (κ1) is 13.6. The van der Waals surface area contributed by atoms with Crippen LogP contribution in [0.2, 0.25) is 5.28 Å². The molecule has 0 spiro atoms. The molecule has 0 saturated carbocycles. The van der Waals surface area contributed by atoms with Crippen LogP contribution in [0, 0.1) is 0 Å². The Morgan fingerprint density at radius 2 is 2.25 bits per heavy atom. The minimum atomic E-state index is -3.36. The zero-order chi connectivity index (χ0) is 10.9. The van der Waals surface area contributed by atoms with Crippen LogP contribution < -0.4 is 5.32 Å². The maximum absolute atomic E-state index is 12.0. The summed E-state index contributed by atoms with van der Waals surface area (Å²) in [6, 6.07) is 1.37. The van der Waals surface area contributed by atoms with Crippen LogP contribution in [0.15, 0.2) is 17.3 Å². The maximum atomic E-state index is 12.0. The molecule has 8 heteroatoms. The lowest BCUT2D eigenvalue weighted by atomic mass is 10.4. The van der Waals surface area contributed by atoms with Crippen molar-refractivity contribution in [1.29, 1.82) is 0 Å². The maximum Gasteiger partial charge on any atom is 0.223 e. The normalized spacial score (nSPS) is 20.4. The van der Waals surface area contributed by atoms with Gasteiger partial charge in [0, 0.05) is 12.7 Å². The molecule has 90 valence electrons. The molecular formula is C8H11Cl2N3O2S. The van der Waals surface area contributed by atoms with Crippen LogP contribution in [0.25, 0.3) is 0 Å². The van der Waals surface area contributed by atoms with Gasteiger partial charge >= 0.3 is 0 Å². The van der Waals surface area contributed by atoms with E-state index in [1.165, 1.54) is 12.3 Å². The fourth-order valence-corrected chi connectivity index (χ4v) is 3.31. The highest BCUT2D eigenvalue weighted by Crippen LogP contribution is 2.18. The van der Waals surface area contributed by atoms with E-state index in [0.29, 0.717) is 13.0 Å². The van der Waals surface area contributed by atoms with Gasteiger partial charge in [-0.15, -0.1) is 12.4 Å². The number of nitrogens with zero attached hydrogens (tertiary/aromatic N) is 2. The lowest BCUT2D eigenvalue weighted by Gasteiger charge is -2.08. The number of halogens is 2.